The Morgan fingerprint density at radius 2 is 1.70 bits per heavy atom. The number of carbonyl (C=O) groups is 1. The quantitative estimate of drug-likeness (QED) is 0.831. The molecule has 1 heterocycles. The van der Waals surface area contributed by atoms with E-state index in [1.165, 1.54) is 6.07 Å². The molecule has 0 bridgehead atoms. The van der Waals surface area contributed by atoms with Gasteiger partial charge in [0.05, 0.1) is 0 Å². The predicted molar refractivity (Wildman–Crippen MR) is 108 cm³/mol. The molecule has 0 saturated carbocycles. The zero-order valence-electron chi connectivity index (χ0n) is 16.1. The fourth-order valence-corrected chi connectivity index (χ4v) is 3.37. The summed E-state index contributed by atoms with van der Waals surface area (Å²) in [4.78, 5) is 16.5. The zero-order valence-corrected chi connectivity index (χ0v) is 16.1. The van der Waals surface area contributed by atoms with Crippen LogP contribution in [0.5, 0.6) is 0 Å². The molecule has 3 rings (SSSR count). The molecule has 0 unspecified atom stereocenters. The van der Waals surface area contributed by atoms with Crippen LogP contribution >= 0.6 is 0 Å². The van der Waals surface area contributed by atoms with Crippen molar-refractivity contribution in [1.82, 2.24) is 4.90 Å². The van der Waals surface area contributed by atoms with E-state index in [0.29, 0.717) is 18.9 Å². The summed E-state index contributed by atoms with van der Waals surface area (Å²) in [5.41, 5.74) is 2.75. The van der Waals surface area contributed by atoms with Crippen molar-refractivity contribution in [2.24, 2.45) is 5.92 Å². The molecule has 0 aromatic heterocycles. The van der Waals surface area contributed by atoms with E-state index >= 15 is 0 Å². The first kappa shape index (κ1) is 19.4. The Labute approximate surface area is 161 Å². The predicted octanol–water partition coefficient (Wildman–Crippen LogP) is 4.13. The van der Waals surface area contributed by atoms with Crippen molar-refractivity contribution in [3.8, 4) is 0 Å². The van der Waals surface area contributed by atoms with Crippen molar-refractivity contribution in [2.45, 2.75) is 26.8 Å². The fourth-order valence-electron chi connectivity index (χ4n) is 3.37. The Hall–Kier alpha value is -2.40. The van der Waals surface area contributed by atoms with Crippen molar-refractivity contribution in [1.29, 1.82) is 0 Å². The third-order valence-corrected chi connectivity index (χ3v) is 4.83. The minimum atomic E-state index is -0.130. The van der Waals surface area contributed by atoms with E-state index in [0.717, 1.165) is 43.1 Å². The largest absolute Gasteiger partial charge is 0.369 e. The molecule has 1 aliphatic heterocycles. The number of hydrogen-bond donors (Lipinski definition) is 1. The average molecular weight is 369 g/mol. The molecule has 27 heavy (non-hydrogen) atoms. The minimum absolute atomic E-state index is 0.0551. The van der Waals surface area contributed by atoms with Gasteiger partial charge in [-0.25, -0.2) is 4.39 Å². The molecule has 0 aliphatic carbocycles. The Kier molecular flexibility index (Phi) is 6.45. The van der Waals surface area contributed by atoms with Crippen molar-refractivity contribution >= 4 is 17.3 Å². The highest BCUT2D eigenvalue weighted by molar-refractivity contribution is 5.91. The molecule has 0 atom stereocenters. The minimum Gasteiger partial charge on any atom is -0.369 e. The molecule has 4 nitrogen and oxygen atoms in total. The van der Waals surface area contributed by atoms with Gasteiger partial charge in [-0.05, 0) is 36.2 Å². The first-order valence-corrected chi connectivity index (χ1v) is 9.62. The summed E-state index contributed by atoms with van der Waals surface area (Å²) in [6, 6.07) is 15.0. The summed E-state index contributed by atoms with van der Waals surface area (Å²) in [6.45, 7) is 8.35. The van der Waals surface area contributed by atoms with Gasteiger partial charge in [0.15, 0.2) is 0 Å². The maximum absolute atomic E-state index is 13.8. The Morgan fingerprint density at radius 1 is 1.04 bits per heavy atom. The number of benzene rings is 2. The van der Waals surface area contributed by atoms with Crippen LogP contribution in [0.25, 0.3) is 0 Å². The van der Waals surface area contributed by atoms with Gasteiger partial charge in [0, 0.05) is 56.1 Å². The summed E-state index contributed by atoms with van der Waals surface area (Å²) in [7, 11) is 0. The summed E-state index contributed by atoms with van der Waals surface area (Å²) in [5.74, 6) is 0.277. The van der Waals surface area contributed by atoms with E-state index in [2.05, 4.69) is 27.2 Å². The maximum atomic E-state index is 13.8. The molecule has 144 valence electrons. The zero-order chi connectivity index (χ0) is 19.2. The molecule has 0 spiro atoms. The lowest BCUT2D eigenvalue weighted by Crippen LogP contribution is -2.46. The lowest BCUT2D eigenvalue weighted by atomic mass is 10.1. The molecule has 1 amide bonds. The topological polar surface area (TPSA) is 35.6 Å². The highest BCUT2D eigenvalue weighted by Gasteiger charge is 2.18. The first-order valence-electron chi connectivity index (χ1n) is 9.62. The summed E-state index contributed by atoms with van der Waals surface area (Å²) < 4.78 is 13.8. The van der Waals surface area contributed by atoms with Crippen molar-refractivity contribution in [3.63, 3.8) is 0 Å². The van der Waals surface area contributed by atoms with Crippen LogP contribution in [0.1, 0.15) is 25.8 Å². The molecular weight excluding hydrogens is 341 g/mol. The molecule has 1 fully saturated rings. The van der Waals surface area contributed by atoms with Crippen LogP contribution in [-0.2, 0) is 11.3 Å². The lowest BCUT2D eigenvalue weighted by molar-refractivity contribution is -0.116. The molecule has 1 aliphatic rings. The number of nitrogens with zero attached hydrogens (tertiary/aromatic N) is 2. The summed E-state index contributed by atoms with van der Waals surface area (Å²) in [6.07, 6.45) is 0.533. The van der Waals surface area contributed by atoms with Gasteiger partial charge < -0.3 is 10.2 Å². The molecule has 2 aromatic carbocycles. The number of nitrogens with one attached hydrogen (secondary N) is 1. The number of hydrogen-bond acceptors (Lipinski definition) is 3. The highest BCUT2D eigenvalue weighted by atomic mass is 19.1. The monoisotopic (exact) mass is 369 g/mol. The van der Waals surface area contributed by atoms with E-state index in [4.69, 9.17) is 0 Å². The lowest BCUT2D eigenvalue weighted by Gasteiger charge is -2.36. The van der Waals surface area contributed by atoms with Gasteiger partial charge in [0.25, 0.3) is 0 Å². The van der Waals surface area contributed by atoms with Gasteiger partial charge in [0.1, 0.15) is 5.82 Å². The van der Waals surface area contributed by atoms with E-state index in [1.807, 2.05) is 38.1 Å². The molecule has 5 heteroatoms. The summed E-state index contributed by atoms with van der Waals surface area (Å²) in [5, 5.41) is 2.94. The smallest absolute Gasteiger partial charge is 0.224 e. The normalized spacial score (nSPS) is 15.2. The summed E-state index contributed by atoms with van der Waals surface area (Å²) >= 11 is 0. The van der Waals surface area contributed by atoms with Gasteiger partial charge in [-0.3, -0.25) is 9.69 Å². The fraction of sp³-hybridized carbons (Fsp3) is 0.409. The molecule has 2 aromatic rings. The second-order valence-corrected chi connectivity index (χ2v) is 7.55. The maximum Gasteiger partial charge on any atom is 0.224 e. The third-order valence-electron chi connectivity index (χ3n) is 4.83. The number of carbonyl (C=O) groups excluding carboxylic acids is 1. The van der Waals surface area contributed by atoms with Crippen LogP contribution in [0.15, 0.2) is 48.5 Å². The molecule has 0 radical (unpaired) electrons. The first-order chi connectivity index (χ1) is 13.0. The van der Waals surface area contributed by atoms with Crippen LogP contribution < -0.4 is 10.2 Å². The van der Waals surface area contributed by atoms with Crippen LogP contribution in [0, 0.1) is 11.7 Å². The van der Waals surface area contributed by atoms with Crippen LogP contribution in [0.3, 0.4) is 0 Å². The number of amides is 1. The Balaban J connectivity index is 1.50. The van der Waals surface area contributed by atoms with Crippen LogP contribution in [0.4, 0.5) is 15.8 Å². The SMILES string of the molecule is CC(C)CC(=O)Nc1ccc(N2CCN(Cc3ccccc3F)CC2)cc1. The Morgan fingerprint density at radius 3 is 2.33 bits per heavy atom. The van der Waals surface area contributed by atoms with Crippen molar-refractivity contribution in [3.05, 3.63) is 59.9 Å². The van der Waals surface area contributed by atoms with Crippen molar-refractivity contribution < 1.29 is 9.18 Å². The van der Waals surface area contributed by atoms with Gasteiger partial charge >= 0.3 is 0 Å². The van der Waals surface area contributed by atoms with E-state index in [9.17, 15) is 9.18 Å². The van der Waals surface area contributed by atoms with Crippen LogP contribution in [-0.4, -0.2) is 37.0 Å². The second kappa shape index (κ2) is 9.00. The highest BCUT2D eigenvalue weighted by Crippen LogP contribution is 2.21. The van der Waals surface area contributed by atoms with E-state index in [-0.39, 0.29) is 11.7 Å². The average Bonchev–Trinajstić information content (AvgIpc) is 2.64. The number of halogens is 1. The Bertz CT molecular complexity index is 752. The second-order valence-electron chi connectivity index (χ2n) is 7.55. The van der Waals surface area contributed by atoms with Gasteiger partial charge in [-0.2, -0.15) is 0 Å². The molecular formula is C22H28FN3O. The number of rotatable bonds is 6. The van der Waals surface area contributed by atoms with E-state index < -0.39 is 0 Å². The molecule has 1 N–H and O–H groups in total. The number of anilines is 2. The van der Waals surface area contributed by atoms with Gasteiger partial charge in [0.2, 0.25) is 5.91 Å². The van der Waals surface area contributed by atoms with Gasteiger partial charge in [-0.1, -0.05) is 32.0 Å². The molecule has 1 saturated heterocycles. The van der Waals surface area contributed by atoms with Crippen molar-refractivity contribution in [2.75, 3.05) is 36.4 Å². The standard InChI is InChI=1S/C22H28FN3O/c1-17(2)15-22(27)24-19-7-9-20(10-8-19)26-13-11-25(12-14-26)16-18-5-3-4-6-21(18)23/h3-10,17H,11-16H2,1-2H3,(H,24,27). The van der Waals surface area contributed by atoms with Crippen LogP contribution in [0.2, 0.25) is 0 Å². The van der Waals surface area contributed by atoms with E-state index in [1.54, 1.807) is 6.07 Å². The number of piperazine rings is 1. The third kappa shape index (κ3) is 5.54. The van der Waals surface area contributed by atoms with Gasteiger partial charge in [-0.15, -0.1) is 0 Å².